The Labute approximate surface area is 160 Å². The smallest absolute Gasteiger partial charge is 0.324 e. The van der Waals surface area contributed by atoms with Gasteiger partial charge in [-0.05, 0) is 31.2 Å². The number of anilines is 1. The van der Waals surface area contributed by atoms with E-state index in [0.29, 0.717) is 18.8 Å². The van der Waals surface area contributed by atoms with Gasteiger partial charge in [-0.15, -0.1) is 12.4 Å². The van der Waals surface area contributed by atoms with Crippen LogP contribution >= 0.6 is 12.4 Å². The molecule has 0 atom stereocenters. The summed E-state index contributed by atoms with van der Waals surface area (Å²) in [6, 6.07) is 17.6. The Bertz CT molecular complexity index is 740. The number of piperazine rings is 1. The molecule has 1 saturated heterocycles. The molecule has 6 nitrogen and oxygen atoms in total. The Hall–Kier alpha value is -2.73. The number of nitrogens with two attached hydrogens (primary N) is 1. The van der Waals surface area contributed by atoms with Gasteiger partial charge in [0.25, 0.3) is 0 Å². The molecule has 0 aromatic heterocycles. The van der Waals surface area contributed by atoms with Crippen molar-refractivity contribution >= 4 is 35.8 Å². The maximum absolute atomic E-state index is 12.3. The van der Waals surface area contributed by atoms with Gasteiger partial charge in [0.15, 0.2) is 0 Å². The van der Waals surface area contributed by atoms with Gasteiger partial charge in [-0.2, -0.15) is 0 Å². The average molecular weight is 374 g/mol. The quantitative estimate of drug-likeness (QED) is 0.628. The number of aliphatic imine (C=N–C) groups is 1. The predicted octanol–water partition coefficient (Wildman–Crippen LogP) is 2.89. The van der Waals surface area contributed by atoms with Crippen LogP contribution in [0.4, 0.5) is 16.2 Å². The summed E-state index contributed by atoms with van der Waals surface area (Å²) < 4.78 is 0. The number of hydrogen-bond donors (Lipinski definition) is 2. The number of urea groups is 1. The van der Waals surface area contributed by atoms with E-state index in [1.807, 2.05) is 30.3 Å². The molecule has 0 saturated carbocycles. The Morgan fingerprint density at radius 3 is 2.23 bits per heavy atom. The van der Waals surface area contributed by atoms with Crippen molar-refractivity contribution in [1.29, 1.82) is 0 Å². The summed E-state index contributed by atoms with van der Waals surface area (Å²) in [6.45, 7) is 4.97. The minimum atomic E-state index is -0.208. The van der Waals surface area contributed by atoms with Crippen molar-refractivity contribution in [2.75, 3.05) is 31.1 Å². The summed E-state index contributed by atoms with van der Waals surface area (Å²) in [7, 11) is 0. The molecule has 3 rings (SSSR count). The molecular formula is C19H24ClN5O. The van der Waals surface area contributed by atoms with E-state index in [-0.39, 0.29) is 24.4 Å². The molecule has 2 aromatic carbocycles. The van der Waals surface area contributed by atoms with Crippen LogP contribution in [0.1, 0.15) is 5.56 Å². The fraction of sp³-hybridized carbons (Fsp3) is 0.263. The van der Waals surface area contributed by atoms with Crippen molar-refractivity contribution in [2.24, 2.45) is 10.7 Å². The van der Waals surface area contributed by atoms with Crippen LogP contribution in [0.25, 0.3) is 0 Å². The SMILES string of the molecule is Cc1ccc(N2CCN(C(=O)NC(N)=Nc3ccccc3)CC2)cc1.Cl. The van der Waals surface area contributed by atoms with E-state index < -0.39 is 0 Å². The first-order valence-corrected chi connectivity index (χ1v) is 8.38. The predicted molar refractivity (Wildman–Crippen MR) is 108 cm³/mol. The number of nitrogens with one attached hydrogen (secondary N) is 1. The number of rotatable bonds is 2. The van der Waals surface area contributed by atoms with Crippen molar-refractivity contribution in [3.8, 4) is 0 Å². The standard InChI is InChI=1S/C19H23N5O.ClH/c1-15-7-9-17(10-8-15)23-11-13-24(14-12-23)19(25)22-18(20)21-16-5-3-2-4-6-16;/h2-10H,11-14H2,1H3,(H3,20,21,22,25);1H. The first-order chi connectivity index (χ1) is 12.1. The number of amides is 2. The topological polar surface area (TPSA) is 74.0 Å². The highest BCUT2D eigenvalue weighted by molar-refractivity contribution is 5.96. The van der Waals surface area contributed by atoms with Crippen LogP contribution in [0, 0.1) is 6.92 Å². The van der Waals surface area contributed by atoms with Gasteiger partial charge < -0.3 is 15.5 Å². The summed E-state index contributed by atoms with van der Waals surface area (Å²) in [6.07, 6.45) is 0. The van der Waals surface area contributed by atoms with Gasteiger partial charge in [-0.25, -0.2) is 9.79 Å². The second-order valence-corrected chi connectivity index (χ2v) is 6.07. The lowest BCUT2D eigenvalue weighted by Gasteiger charge is -2.36. The number of benzene rings is 2. The van der Waals surface area contributed by atoms with E-state index in [2.05, 4.69) is 46.4 Å². The van der Waals surface area contributed by atoms with Crippen molar-refractivity contribution in [2.45, 2.75) is 6.92 Å². The molecule has 1 aliphatic heterocycles. The zero-order valence-electron chi connectivity index (χ0n) is 14.8. The molecule has 1 heterocycles. The van der Waals surface area contributed by atoms with Crippen molar-refractivity contribution in [3.05, 3.63) is 60.2 Å². The number of halogens is 1. The van der Waals surface area contributed by atoms with Crippen molar-refractivity contribution in [1.82, 2.24) is 10.2 Å². The molecule has 0 unspecified atom stereocenters. The number of aryl methyl sites for hydroxylation is 1. The van der Waals surface area contributed by atoms with Gasteiger partial charge in [-0.1, -0.05) is 35.9 Å². The van der Waals surface area contributed by atoms with Crippen LogP contribution in [0.3, 0.4) is 0 Å². The molecule has 26 heavy (non-hydrogen) atoms. The lowest BCUT2D eigenvalue weighted by Crippen LogP contribution is -2.53. The third-order valence-corrected chi connectivity index (χ3v) is 4.21. The molecule has 0 radical (unpaired) electrons. The molecule has 2 aromatic rings. The van der Waals surface area contributed by atoms with Crippen LogP contribution in [0.5, 0.6) is 0 Å². The monoisotopic (exact) mass is 373 g/mol. The van der Waals surface area contributed by atoms with Gasteiger partial charge in [0, 0.05) is 31.9 Å². The van der Waals surface area contributed by atoms with Gasteiger partial charge in [0.1, 0.15) is 0 Å². The minimum Gasteiger partial charge on any atom is -0.369 e. The Morgan fingerprint density at radius 2 is 1.62 bits per heavy atom. The number of carbonyl (C=O) groups is 1. The molecule has 3 N–H and O–H groups in total. The van der Waals surface area contributed by atoms with Gasteiger partial charge in [0.2, 0.25) is 5.96 Å². The van der Waals surface area contributed by atoms with Crippen molar-refractivity contribution in [3.63, 3.8) is 0 Å². The fourth-order valence-electron chi connectivity index (χ4n) is 2.78. The molecule has 0 aliphatic carbocycles. The molecule has 0 bridgehead atoms. The van der Waals surface area contributed by atoms with E-state index in [4.69, 9.17) is 5.73 Å². The van der Waals surface area contributed by atoms with E-state index in [1.54, 1.807) is 4.90 Å². The first-order valence-electron chi connectivity index (χ1n) is 8.38. The summed E-state index contributed by atoms with van der Waals surface area (Å²) in [5.74, 6) is 0.108. The van der Waals surface area contributed by atoms with Crippen LogP contribution in [-0.4, -0.2) is 43.1 Å². The van der Waals surface area contributed by atoms with Gasteiger partial charge in [-0.3, -0.25) is 5.32 Å². The summed E-state index contributed by atoms with van der Waals surface area (Å²) in [4.78, 5) is 20.6. The molecular weight excluding hydrogens is 350 g/mol. The molecule has 138 valence electrons. The van der Waals surface area contributed by atoms with Crippen molar-refractivity contribution < 1.29 is 4.79 Å². The lowest BCUT2D eigenvalue weighted by atomic mass is 10.2. The maximum Gasteiger partial charge on any atom is 0.324 e. The summed E-state index contributed by atoms with van der Waals surface area (Å²) in [5.41, 5.74) is 8.98. The summed E-state index contributed by atoms with van der Waals surface area (Å²) >= 11 is 0. The minimum absolute atomic E-state index is 0. The third kappa shape index (κ3) is 5.13. The zero-order chi connectivity index (χ0) is 17.6. The molecule has 1 fully saturated rings. The van der Waals surface area contributed by atoms with Crippen LogP contribution in [0.2, 0.25) is 0 Å². The van der Waals surface area contributed by atoms with Crippen LogP contribution in [-0.2, 0) is 0 Å². The highest BCUT2D eigenvalue weighted by Crippen LogP contribution is 2.17. The Morgan fingerprint density at radius 1 is 1.00 bits per heavy atom. The van der Waals surface area contributed by atoms with Gasteiger partial charge >= 0.3 is 6.03 Å². The van der Waals surface area contributed by atoms with E-state index in [1.165, 1.54) is 11.3 Å². The highest BCUT2D eigenvalue weighted by Gasteiger charge is 2.21. The van der Waals surface area contributed by atoms with Crippen LogP contribution < -0.4 is 16.0 Å². The molecule has 0 spiro atoms. The van der Waals surface area contributed by atoms with Gasteiger partial charge in [0.05, 0.1) is 5.69 Å². The number of para-hydroxylation sites is 1. The average Bonchev–Trinajstić information content (AvgIpc) is 2.63. The first kappa shape index (κ1) is 19.6. The molecule has 2 amide bonds. The Kier molecular flexibility index (Phi) is 6.86. The number of carbonyl (C=O) groups excluding carboxylic acids is 1. The Balaban J connectivity index is 0.00000243. The van der Waals surface area contributed by atoms with E-state index in [0.717, 1.165) is 13.1 Å². The van der Waals surface area contributed by atoms with E-state index in [9.17, 15) is 4.79 Å². The second kappa shape index (κ2) is 9.10. The highest BCUT2D eigenvalue weighted by atomic mass is 35.5. The normalized spacial score (nSPS) is 14.6. The summed E-state index contributed by atoms with van der Waals surface area (Å²) in [5, 5.41) is 2.66. The fourth-order valence-corrected chi connectivity index (χ4v) is 2.78. The lowest BCUT2D eigenvalue weighted by molar-refractivity contribution is 0.199. The number of hydrogen-bond acceptors (Lipinski definition) is 3. The number of guanidine groups is 1. The second-order valence-electron chi connectivity index (χ2n) is 6.07. The molecule has 1 aliphatic rings. The third-order valence-electron chi connectivity index (χ3n) is 4.21. The van der Waals surface area contributed by atoms with E-state index >= 15 is 0 Å². The zero-order valence-corrected chi connectivity index (χ0v) is 15.6. The van der Waals surface area contributed by atoms with Crippen LogP contribution in [0.15, 0.2) is 59.6 Å². The largest absolute Gasteiger partial charge is 0.369 e. The molecule has 7 heteroatoms. The number of nitrogens with zero attached hydrogens (tertiary/aromatic N) is 3. The maximum atomic E-state index is 12.3.